The van der Waals surface area contributed by atoms with Crippen LogP contribution in [-0.4, -0.2) is 39.6 Å². The maximum absolute atomic E-state index is 13.9. The van der Waals surface area contributed by atoms with Gasteiger partial charge in [-0.05, 0) is 50.7 Å². The van der Waals surface area contributed by atoms with Crippen molar-refractivity contribution in [3.63, 3.8) is 0 Å². The summed E-state index contributed by atoms with van der Waals surface area (Å²) in [5, 5.41) is 7.37. The zero-order valence-corrected chi connectivity index (χ0v) is 16.3. The molecule has 2 heterocycles. The minimum Gasteiger partial charge on any atom is -0.339 e. The van der Waals surface area contributed by atoms with Crippen LogP contribution in [-0.2, 0) is 11.3 Å². The van der Waals surface area contributed by atoms with Gasteiger partial charge in [0.15, 0.2) is 0 Å². The Balaban J connectivity index is 1.35. The largest absolute Gasteiger partial charge is 0.339 e. The summed E-state index contributed by atoms with van der Waals surface area (Å²) in [4.78, 5) is 26.8. The standard InChI is InChI=1S/C21H24F2N4O2/c1-13-11-24-27(12-14-2-3-14)19(13)25-20(28)15-6-8-26(9-7-15)21(29)17-5-4-16(22)10-18(17)23/h4-5,10-11,14-15H,2-3,6-9,12H2,1H3,(H,25,28). The van der Waals surface area contributed by atoms with Crippen molar-refractivity contribution in [1.82, 2.24) is 14.7 Å². The van der Waals surface area contributed by atoms with Crippen molar-refractivity contribution in [2.24, 2.45) is 11.8 Å². The lowest BCUT2D eigenvalue weighted by molar-refractivity contribution is -0.121. The van der Waals surface area contributed by atoms with Crippen LogP contribution in [0.2, 0.25) is 0 Å². The Morgan fingerprint density at radius 3 is 2.55 bits per heavy atom. The predicted octanol–water partition coefficient (Wildman–Crippen LogP) is 3.37. The predicted molar refractivity (Wildman–Crippen MR) is 103 cm³/mol. The Kier molecular flexibility index (Phi) is 5.34. The first-order chi connectivity index (χ1) is 13.9. The second-order valence-electron chi connectivity index (χ2n) is 7.98. The molecule has 2 fully saturated rings. The molecule has 1 saturated heterocycles. The summed E-state index contributed by atoms with van der Waals surface area (Å²) in [5.41, 5.74) is 0.785. The third kappa shape index (κ3) is 4.31. The number of carbonyl (C=O) groups excluding carboxylic acids is 2. The Hall–Kier alpha value is -2.77. The maximum atomic E-state index is 13.9. The molecule has 0 unspecified atom stereocenters. The van der Waals surface area contributed by atoms with Crippen LogP contribution in [0.1, 0.15) is 41.6 Å². The normalized spacial score (nSPS) is 17.4. The van der Waals surface area contributed by atoms with Gasteiger partial charge in [-0.1, -0.05) is 0 Å². The number of hydrogen-bond donors (Lipinski definition) is 1. The van der Waals surface area contributed by atoms with E-state index in [-0.39, 0.29) is 17.4 Å². The molecule has 6 nitrogen and oxygen atoms in total. The smallest absolute Gasteiger partial charge is 0.256 e. The van der Waals surface area contributed by atoms with Crippen LogP contribution in [0.4, 0.5) is 14.6 Å². The molecule has 1 saturated carbocycles. The number of hydrogen-bond acceptors (Lipinski definition) is 3. The molecule has 0 bridgehead atoms. The Morgan fingerprint density at radius 2 is 1.90 bits per heavy atom. The van der Waals surface area contributed by atoms with E-state index < -0.39 is 17.5 Å². The molecule has 0 spiro atoms. The van der Waals surface area contributed by atoms with Gasteiger partial charge in [-0.2, -0.15) is 5.10 Å². The van der Waals surface area contributed by atoms with Gasteiger partial charge >= 0.3 is 0 Å². The first kappa shape index (κ1) is 19.5. The molecule has 2 amide bonds. The molecular formula is C21H24F2N4O2. The van der Waals surface area contributed by atoms with E-state index in [1.807, 2.05) is 11.6 Å². The highest BCUT2D eigenvalue weighted by atomic mass is 19.1. The van der Waals surface area contributed by atoms with Gasteiger partial charge in [0.25, 0.3) is 5.91 Å². The number of nitrogens with one attached hydrogen (secondary N) is 1. The van der Waals surface area contributed by atoms with Gasteiger partial charge in [-0.15, -0.1) is 0 Å². The molecule has 154 valence electrons. The van der Waals surface area contributed by atoms with E-state index >= 15 is 0 Å². The molecule has 1 N–H and O–H groups in total. The number of aromatic nitrogens is 2. The molecular weight excluding hydrogens is 378 g/mol. The second-order valence-corrected chi connectivity index (χ2v) is 7.98. The quantitative estimate of drug-likeness (QED) is 0.834. The maximum Gasteiger partial charge on any atom is 0.256 e. The van der Waals surface area contributed by atoms with Crippen molar-refractivity contribution < 1.29 is 18.4 Å². The number of nitrogens with zero attached hydrogens (tertiary/aromatic N) is 3. The van der Waals surface area contributed by atoms with Crippen molar-refractivity contribution in [2.45, 2.75) is 39.2 Å². The number of carbonyl (C=O) groups is 2. The molecule has 1 aliphatic carbocycles. The summed E-state index contributed by atoms with van der Waals surface area (Å²) in [6.07, 6.45) is 5.16. The fraction of sp³-hybridized carbons (Fsp3) is 0.476. The van der Waals surface area contributed by atoms with Gasteiger partial charge in [0.05, 0.1) is 11.8 Å². The number of anilines is 1. The van der Waals surface area contributed by atoms with E-state index in [0.29, 0.717) is 37.9 Å². The van der Waals surface area contributed by atoms with E-state index in [1.165, 1.54) is 17.7 Å². The van der Waals surface area contributed by atoms with Crippen molar-refractivity contribution in [2.75, 3.05) is 18.4 Å². The SMILES string of the molecule is Cc1cnn(CC2CC2)c1NC(=O)C1CCN(C(=O)c2ccc(F)cc2F)CC1. The molecule has 0 radical (unpaired) electrons. The lowest BCUT2D eigenvalue weighted by Crippen LogP contribution is -2.42. The molecule has 2 aliphatic rings. The summed E-state index contributed by atoms with van der Waals surface area (Å²) in [7, 11) is 0. The zero-order chi connectivity index (χ0) is 20.5. The molecule has 29 heavy (non-hydrogen) atoms. The van der Waals surface area contributed by atoms with Crippen LogP contribution in [0.5, 0.6) is 0 Å². The lowest BCUT2D eigenvalue weighted by atomic mass is 9.95. The molecule has 8 heteroatoms. The third-order valence-electron chi connectivity index (χ3n) is 5.71. The van der Waals surface area contributed by atoms with Crippen LogP contribution in [0.25, 0.3) is 0 Å². The first-order valence-corrected chi connectivity index (χ1v) is 10.00. The topological polar surface area (TPSA) is 67.2 Å². The Bertz CT molecular complexity index is 931. The number of aryl methyl sites for hydroxylation is 1. The average Bonchev–Trinajstić information content (AvgIpc) is 3.46. The molecule has 1 aromatic heterocycles. The van der Waals surface area contributed by atoms with Crippen LogP contribution in [0.15, 0.2) is 24.4 Å². The first-order valence-electron chi connectivity index (χ1n) is 10.00. The van der Waals surface area contributed by atoms with Crippen LogP contribution in [0, 0.1) is 30.4 Å². The lowest BCUT2D eigenvalue weighted by Gasteiger charge is -2.31. The molecule has 0 atom stereocenters. The van der Waals surface area contributed by atoms with Crippen molar-refractivity contribution in [3.05, 3.63) is 47.2 Å². The third-order valence-corrected chi connectivity index (χ3v) is 5.71. The minimum atomic E-state index is -0.866. The molecule has 1 aromatic carbocycles. The number of benzene rings is 1. The van der Waals surface area contributed by atoms with E-state index in [0.717, 1.165) is 30.1 Å². The number of likely N-dealkylation sites (tertiary alicyclic amines) is 1. The summed E-state index contributed by atoms with van der Waals surface area (Å²) in [5.74, 6) is -0.967. The molecule has 2 aromatic rings. The summed E-state index contributed by atoms with van der Waals surface area (Å²) < 4.78 is 28.8. The highest BCUT2D eigenvalue weighted by Crippen LogP contribution is 2.32. The van der Waals surface area contributed by atoms with E-state index in [1.54, 1.807) is 6.20 Å². The second kappa shape index (κ2) is 7.93. The highest BCUT2D eigenvalue weighted by molar-refractivity contribution is 5.95. The average molecular weight is 402 g/mol. The summed E-state index contributed by atoms with van der Waals surface area (Å²) >= 11 is 0. The van der Waals surface area contributed by atoms with Crippen molar-refractivity contribution >= 4 is 17.6 Å². The van der Waals surface area contributed by atoms with Gasteiger partial charge in [0.1, 0.15) is 17.5 Å². The fourth-order valence-electron chi connectivity index (χ4n) is 3.72. The van der Waals surface area contributed by atoms with Gasteiger partial charge in [-0.3, -0.25) is 9.59 Å². The summed E-state index contributed by atoms with van der Waals surface area (Å²) in [6.45, 7) is 3.45. The number of halogens is 2. The fourth-order valence-corrected chi connectivity index (χ4v) is 3.72. The number of piperidine rings is 1. The van der Waals surface area contributed by atoms with Crippen molar-refractivity contribution in [1.29, 1.82) is 0 Å². The van der Waals surface area contributed by atoms with E-state index in [9.17, 15) is 18.4 Å². The van der Waals surface area contributed by atoms with Gasteiger partial charge in [-0.25, -0.2) is 13.5 Å². The number of amides is 2. The van der Waals surface area contributed by atoms with E-state index in [2.05, 4.69) is 10.4 Å². The summed E-state index contributed by atoms with van der Waals surface area (Å²) in [6, 6.07) is 2.94. The van der Waals surface area contributed by atoms with Crippen LogP contribution >= 0.6 is 0 Å². The van der Waals surface area contributed by atoms with E-state index in [4.69, 9.17) is 0 Å². The van der Waals surface area contributed by atoms with Crippen LogP contribution < -0.4 is 5.32 Å². The highest BCUT2D eigenvalue weighted by Gasteiger charge is 2.30. The Labute approximate surface area is 167 Å². The molecule has 4 rings (SSSR count). The zero-order valence-electron chi connectivity index (χ0n) is 16.3. The van der Waals surface area contributed by atoms with Crippen LogP contribution in [0.3, 0.4) is 0 Å². The number of rotatable bonds is 5. The Morgan fingerprint density at radius 1 is 1.17 bits per heavy atom. The minimum absolute atomic E-state index is 0.0780. The van der Waals surface area contributed by atoms with Gasteiger partial charge in [0, 0.05) is 37.2 Å². The van der Waals surface area contributed by atoms with Gasteiger partial charge < -0.3 is 10.2 Å². The monoisotopic (exact) mass is 402 g/mol. The van der Waals surface area contributed by atoms with Gasteiger partial charge in [0.2, 0.25) is 5.91 Å². The van der Waals surface area contributed by atoms with Crippen molar-refractivity contribution in [3.8, 4) is 0 Å². The molecule has 1 aliphatic heterocycles.